The van der Waals surface area contributed by atoms with Crippen molar-refractivity contribution in [1.29, 1.82) is 0 Å². The highest BCUT2D eigenvalue weighted by Crippen LogP contribution is 2.28. The van der Waals surface area contributed by atoms with Crippen LogP contribution < -0.4 is 0 Å². The summed E-state index contributed by atoms with van der Waals surface area (Å²) in [6, 6.07) is 16.7. The van der Waals surface area contributed by atoms with Gasteiger partial charge in [-0.2, -0.15) is 0 Å². The number of halogens is 1. The lowest BCUT2D eigenvalue weighted by Crippen LogP contribution is -2.02. The summed E-state index contributed by atoms with van der Waals surface area (Å²) in [6.45, 7) is 4.12. The second kappa shape index (κ2) is 5.29. The molecular weight excluding hydrogens is 268 g/mol. The van der Waals surface area contributed by atoms with Crippen molar-refractivity contribution in [2.45, 2.75) is 25.6 Å². The first-order valence-corrected chi connectivity index (χ1v) is 7.35. The lowest BCUT2D eigenvalue weighted by Gasteiger charge is -2.11. The number of hydrogen-bond acceptors (Lipinski definition) is 1. The monoisotopic (exact) mass is 284 g/mol. The highest BCUT2D eigenvalue weighted by molar-refractivity contribution is 6.20. The first-order valence-electron chi connectivity index (χ1n) is 6.91. The van der Waals surface area contributed by atoms with E-state index in [1.165, 1.54) is 5.56 Å². The van der Waals surface area contributed by atoms with E-state index in [4.69, 9.17) is 11.6 Å². The van der Waals surface area contributed by atoms with Gasteiger partial charge in [-0.05, 0) is 43.2 Å². The van der Waals surface area contributed by atoms with Crippen LogP contribution in [0.2, 0.25) is 0 Å². The summed E-state index contributed by atoms with van der Waals surface area (Å²) >= 11 is 6.32. The van der Waals surface area contributed by atoms with E-state index in [9.17, 15) is 0 Å². The maximum Gasteiger partial charge on any atom is 0.132 e. The zero-order valence-electron chi connectivity index (χ0n) is 11.7. The molecule has 3 rings (SSSR count). The highest BCUT2D eigenvalue weighted by Gasteiger charge is 2.15. The molecule has 0 saturated heterocycles. The van der Waals surface area contributed by atoms with Crippen LogP contribution in [0.25, 0.3) is 16.7 Å². The van der Waals surface area contributed by atoms with Crippen molar-refractivity contribution in [2.75, 3.05) is 0 Å². The van der Waals surface area contributed by atoms with Crippen molar-refractivity contribution in [1.82, 2.24) is 9.55 Å². The molecule has 0 spiro atoms. The topological polar surface area (TPSA) is 17.8 Å². The molecule has 3 heteroatoms. The van der Waals surface area contributed by atoms with Gasteiger partial charge in [-0.1, -0.05) is 31.2 Å². The molecule has 0 N–H and O–H groups in total. The molecule has 0 bridgehead atoms. The number of imidazole rings is 1. The minimum absolute atomic E-state index is 0.132. The van der Waals surface area contributed by atoms with Crippen LogP contribution in [0.3, 0.4) is 0 Å². The Kier molecular flexibility index (Phi) is 3.49. The van der Waals surface area contributed by atoms with Crippen LogP contribution in [0, 0.1) is 0 Å². The quantitative estimate of drug-likeness (QED) is 0.626. The number of nitrogens with zero attached hydrogens (tertiary/aromatic N) is 2. The predicted molar refractivity (Wildman–Crippen MR) is 84.7 cm³/mol. The molecule has 0 radical (unpaired) electrons. The van der Waals surface area contributed by atoms with Gasteiger partial charge < -0.3 is 0 Å². The van der Waals surface area contributed by atoms with Gasteiger partial charge in [0.2, 0.25) is 0 Å². The number of aromatic nitrogens is 2. The zero-order chi connectivity index (χ0) is 14.1. The summed E-state index contributed by atoms with van der Waals surface area (Å²) in [5.41, 5.74) is 4.52. The zero-order valence-corrected chi connectivity index (χ0v) is 12.4. The Morgan fingerprint density at radius 1 is 1.15 bits per heavy atom. The van der Waals surface area contributed by atoms with Gasteiger partial charge in [0, 0.05) is 5.69 Å². The summed E-state index contributed by atoms with van der Waals surface area (Å²) in [7, 11) is 0. The van der Waals surface area contributed by atoms with Gasteiger partial charge in [-0.25, -0.2) is 4.98 Å². The highest BCUT2D eigenvalue weighted by atomic mass is 35.5. The molecule has 2 nitrogen and oxygen atoms in total. The third-order valence-electron chi connectivity index (χ3n) is 3.52. The summed E-state index contributed by atoms with van der Waals surface area (Å²) < 4.78 is 2.16. The van der Waals surface area contributed by atoms with E-state index >= 15 is 0 Å². The summed E-state index contributed by atoms with van der Waals surface area (Å²) in [5.74, 6) is 0.890. The minimum atomic E-state index is -0.132. The third-order valence-corrected chi connectivity index (χ3v) is 3.71. The number of aryl methyl sites for hydroxylation is 1. The molecule has 2 aromatic carbocycles. The molecule has 1 aromatic heterocycles. The first-order chi connectivity index (χ1) is 9.70. The van der Waals surface area contributed by atoms with E-state index in [-0.39, 0.29) is 5.38 Å². The van der Waals surface area contributed by atoms with E-state index in [0.29, 0.717) is 0 Å². The van der Waals surface area contributed by atoms with Crippen LogP contribution in [-0.4, -0.2) is 9.55 Å². The molecule has 0 aliphatic carbocycles. The number of para-hydroxylation sites is 2. The standard InChI is InChI=1S/C17H17ClN2/c1-3-13-7-6-8-14(11-13)20-16-10-5-4-9-15(16)19-17(20)12(2)18/h4-12H,3H2,1-2H3. The molecule has 1 heterocycles. The summed E-state index contributed by atoms with van der Waals surface area (Å²) in [5, 5.41) is -0.132. The Labute approximate surface area is 124 Å². The van der Waals surface area contributed by atoms with Crippen LogP contribution in [0.5, 0.6) is 0 Å². The summed E-state index contributed by atoms with van der Waals surface area (Å²) in [6.07, 6.45) is 1.02. The Morgan fingerprint density at radius 2 is 1.95 bits per heavy atom. The van der Waals surface area contributed by atoms with E-state index < -0.39 is 0 Å². The van der Waals surface area contributed by atoms with Crippen LogP contribution >= 0.6 is 11.6 Å². The van der Waals surface area contributed by atoms with E-state index in [2.05, 4.69) is 46.8 Å². The molecule has 0 aliphatic heterocycles. The van der Waals surface area contributed by atoms with E-state index in [1.807, 2.05) is 25.1 Å². The average molecular weight is 285 g/mol. The Balaban J connectivity index is 2.30. The van der Waals surface area contributed by atoms with Crippen molar-refractivity contribution in [2.24, 2.45) is 0 Å². The molecule has 0 saturated carbocycles. The fourth-order valence-corrected chi connectivity index (χ4v) is 2.64. The number of fused-ring (bicyclic) bond motifs is 1. The van der Waals surface area contributed by atoms with Gasteiger partial charge in [0.25, 0.3) is 0 Å². The largest absolute Gasteiger partial charge is 0.295 e. The van der Waals surface area contributed by atoms with Gasteiger partial charge in [0.05, 0.1) is 16.4 Å². The van der Waals surface area contributed by atoms with Crippen LogP contribution in [0.4, 0.5) is 0 Å². The Hall–Kier alpha value is -1.80. The fraction of sp³-hybridized carbons (Fsp3) is 0.235. The summed E-state index contributed by atoms with van der Waals surface area (Å²) in [4.78, 5) is 4.68. The second-order valence-electron chi connectivity index (χ2n) is 4.93. The van der Waals surface area contributed by atoms with Crippen LogP contribution in [0.15, 0.2) is 48.5 Å². The predicted octanol–water partition coefficient (Wildman–Crippen LogP) is 4.89. The molecule has 3 aromatic rings. The first kappa shape index (κ1) is 13.2. The molecule has 102 valence electrons. The van der Waals surface area contributed by atoms with E-state index in [1.54, 1.807) is 0 Å². The molecule has 20 heavy (non-hydrogen) atoms. The molecular formula is C17H17ClN2. The molecule has 1 atom stereocenters. The van der Waals surface area contributed by atoms with Crippen molar-refractivity contribution in [3.8, 4) is 5.69 Å². The SMILES string of the molecule is CCc1cccc(-n2c(C(C)Cl)nc3ccccc32)c1. The molecule has 1 unspecified atom stereocenters. The number of alkyl halides is 1. The van der Waals surface area contributed by atoms with Gasteiger partial charge in [-0.15, -0.1) is 11.6 Å². The van der Waals surface area contributed by atoms with Crippen molar-refractivity contribution >= 4 is 22.6 Å². The van der Waals surface area contributed by atoms with Crippen LogP contribution in [-0.2, 0) is 6.42 Å². The third kappa shape index (κ3) is 2.20. The van der Waals surface area contributed by atoms with Crippen molar-refractivity contribution in [3.63, 3.8) is 0 Å². The fourth-order valence-electron chi connectivity index (χ4n) is 2.50. The number of rotatable bonds is 3. The number of benzene rings is 2. The maximum atomic E-state index is 6.32. The van der Waals surface area contributed by atoms with Crippen molar-refractivity contribution < 1.29 is 0 Å². The van der Waals surface area contributed by atoms with Gasteiger partial charge in [-0.3, -0.25) is 4.57 Å². The smallest absolute Gasteiger partial charge is 0.132 e. The van der Waals surface area contributed by atoms with Crippen molar-refractivity contribution in [3.05, 3.63) is 59.9 Å². The minimum Gasteiger partial charge on any atom is -0.295 e. The lowest BCUT2D eigenvalue weighted by molar-refractivity contribution is 0.881. The van der Waals surface area contributed by atoms with Gasteiger partial charge in [0.1, 0.15) is 5.82 Å². The van der Waals surface area contributed by atoms with Crippen LogP contribution in [0.1, 0.15) is 30.6 Å². The molecule has 0 fully saturated rings. The average Bonchev–Trinajstić information content (AvgIpc) is 2.87. The second-order valence-corrected chi connectivity index (χ2v) is 5.59. The molecule has 0 aliphatic rings. The molecule has 0 amide bonds. The maximum absolute atomic E-state index is 6.32. The number of hydrogen-bond donors (Lipinski definition) is 0. The normalized spacial score (nSPS) is 12.8. The lowest BCUT2D eigenvalue weighted by atomic mass is 10.1. The van der Waals surface area contributed by atoms with Gasteiger partial charge >= 0.3 is 0 Å². The van der Waals surface area contributed by atoms with Gasteiger partial charge in [0.15, 0.2) is 0 Å². The van der Waals surface area contributed by atoms with E-state index in [0.717, 1.165) is 29.0 Å². The Bertz CT molecular complexity index is 744. The Morgan fingerprint density at radius 3 is 2.70 bits per heavy atom.